The van der Waals surface area contributed by atoms with Crippen LogP contribution in [0.5, 0.6) is 5.75 Å². The van der Waals surface area contributed by atoms with E-state index in [2.05, 4.69) is 80.7 Å². The van der Waals surface area contributed by atoms with E-state index in [9.17, 15) is 0 Å². The molecule has 3 aromatic rings. The molecule has 0 aliphatic heterocycles. The van der Waals surface area contributed by atoms with E-state index < -0.39 is 0 Å². The maximum atomic E-state index is 5.77. The summed E-state index contributed by atoms with van der Waals surface area (Å²) in [4.78, 5) is 4.85. The van der Waals surface area contributed by atoms with Gasteiger partial charge in [-0.15, -0.1) is 0 Å². The third-order valence-electron chi connectivity index (χ3n) is 5.74. The number of aryl methyl sites for hydroxylation is 2. The van der Waals surface area contributed by atoms with Gasteiger partial charge in [-0.05, 0) is 36.0 Å². The SMILES string of the molecule is CCCC(NCc1cnc(-c2c(CC)cccc2CC)cc1OC)c1ccccc1. The molecule has 2 aromatic carbocycles. The molecule has 0 bridgehead atoms. The van der Waals surface area contributed by atoms with E-state index in [-0.39, 0.29) is 0 Å². The Kier molecular flexibility index (Phi) is 8.04. The number of hydrogen-bond donors (Lipinski definition) is 1. The predicted octanol–water partition coefficient (Wildman–Crippen LogP) is 6.51. The van der Waals surface area contributed by atoms with Crippen LogP contribution in [-0.2, 0) is 19.4 Å². The van der Waals surface area contributed by atoms with Crippen molar-refractivity contribution in [1.29, 1.82) is 0 Å². The van der Waals surface area contributed by atoms with Crippen LogP contribution in [0.4, 0.5) is 0 Å². The first-order valence-electron chi connectivity index (χ1n) is 11.1. The highest BCUT2D eigenvalue weighted by Gasteiger charge is 2.15. The molecular formula is C27H34N2O. The van der Waals surface area contributed by atoms with E-state index in [4.69, 9.17) is 9.72 Å². The summed E-state index contributed by atoms with van der Waals surface area (Å²) in [5.74, 6) is 0.892. The number of methoxy groups -OCH3 is 1. The van der Waals surface area contributed by atoms with Crippen molar-refractivity contribution < 1.29 is 4.74 Å². The van der Waals surface area contributed by atoms with Gasteiger partial charge in [0.1, 0.15) is 5.75 Å². The highest BCUT2D eigenvalue weighted by Crippen LogP contribution is 2.31. The second kappa shape index (κ2) is 10.9. The lowest BCUT2D eigenvalue weighted by Crippen LogP contribution is -2.21. The zero-order valence-corrected chi connectivity index (χ0v) is 18.7. The number of rotatable bonds is 10. The third kappa shape index (κ3) is 5.09. The molecular weight excluding hydrogens is 368 g/mol. The first-order chi connectivity index (χ1) is 14.7. The van der Waals surface area contributed by atoms with Crippen LogP contribution in [0, 0.1) is 0 Å². The largest absolute Gasteiger partial charge is 0.496 e. The Labute approximate surface area is 181 Å². The van der Waals surface area contributed by atoms with Gasteiger partial charge < -0.3 is 10.1 Å². The van der Waals surface area contributed by atoms with Gasteiger partial charge in [-0.25, -0.2) is 0 Å². The van der Waals surface area contributed by atoms with Crippen molar-refractivity contribution in [2.24, 2.45) is 0 Å². The normalized spacial score (nSPS) is 12.0. The van der Waals surface area contributed by atoms with Gasteiger partial charge in [0.05, 0.1) is 12.8 Å². The van der Waals surface area contributed by atoms with Gasteiger partial charge in [-0.2, -0.15) is 0 Å². The molecule has 1 N–H and O–H groups in total. The fourth-order valence-electron chi connectivity index (χ4n) is 4.09. The topological polar surface area (TPSA) is 34.2 Å². The molecule has 0 fully saturated rings. The van der Waals surface area contributed by atoms with Crippen LogP contribution in [0.2, 0.25) is 0 Å². The van der Waals surface area contributed by atoms with E-state index >= 15 is 0 Å². The molecule has 0 saturated heterocycles. The van der Waals surface area contributed by atoms with Crippen LogP contribution >= 0.6 is 0 Å². The number of nitrogens with zero attached hydrogens (tertiary/aromatic N) is 1. The highest BCUT2D eigenvalue weighted by atomic mass is 16.5. The van der Waals surface area contributed by atoms with Crippen molar-refractivity contribution in [2.45, 2.75) is 59.0 Å². The Morgan fingerprint density at radius 3 is 2.20 bits per heavy atom. The molecule has 0 amide bonds. The van der Waals surface area contributed by atoms with Gasteiger partial charge in [0.25, 0.3) is 0 Å². The van der Waals surface area contributed by atoms with E-state index in [1.807, 2.05) is 6.20 Å². The number of benzene rings is 2. The summed E-state index contributed by atoms with van der Waals surface area (Å²) in [6.45, 7) is 7.35. The van der Waals surface area contributed by atoms with Gasteiger partial charge in [-0.3, -0.25) is 4.98 Å². The molecule has 0 aliphatic carbocycles. The Morgan fingerprint density at radius 1 is 0.900 bits per heavy atom. The van der Waals surface area contributed by atoms with Crippen molar-refractivity contribution in [1.82, 2.24) is 10.3 Å². The molecule has 3 heteroatoms. The molecule has 158 valence electrons. The lowest BCUT2D eigenvalue weighted by molar-refractivity contribution is 0.403. The second-order valence-electron chi connectivity index (χ2n) is 7.67. The lowest BCUT2D eigenvalue weighted by atomic mass is 9.94. The number of hydrogen-bond acceptors (Lipinski definition) is 3. The van der Waals surface area contributed by atoms with Crippen molar-refractivity contribution >= 4 is 0 Å². The number of ether oxygens (including phenoxy) is 1. The minimum Gasteiger partial charge on any atom is -0.496 e. The van der Waals surface area contributed by atoms with E-state index in [1.165, 1.54) is 22.3 Å². The van der Waals surface area contributed by atoms with E-state index in [0.29, 0.717) is 6.04 Å². The quantitative estimate of drug-likeness (QED) is 0.419. The van der Waals surface area contributed by atoms with Crippen LogP contribution < -0.4 is 10.1 Å². The molecule has 0 radical (unpaired) electrons. The summed E-state index contributed by atoms with van der Waals surface area (Å²) >= 11 is 0. The van der Waals surface area contributed by atoms with Gasteiger partial charge in [0, 0.05) is 36.0 Å². The summed E-state index contributed by atoms with van der Waals surface area (Å²) in [6.07, 6.45) is 6.19. The van der Waals surface area contributed by atoms with Crippen molar-refractivity contribution in [2.75, 3.05) is 7.11 Å². The van der Waals surface area contributed by atoms with Crippen LogP contribution in [0.1, 0.15) is 61.9 Å². The average molecular weight is 403 g/mol. The number of aromatic nitrogens is 1. The third-order valence-corrected chi connectivity index (χ3v) is 5.74. The maximum absolute atomic E-state index is 5.77. The van der Waals surface area contributed by atoms with Gasteiger partial charge in [-0.1, -0.05) is 75.7 Å². The summed E-state index contributed by atoms with van der Waals surface area (Å²) < 4.78 is 5.77. The van der Waals surface area contributed by atoms with Crippen molar-refractivity contribution in [3.05, 3.63) is 83.0 Å². The predicted molar refractivity (Wildman–Crippen MR) is 126 cm³/mol. The van der Waals surface area contributed by atoms with Crippen LogP contribution in [0.15, 0.2) is 60.8 Å². The van der Waals surface area contributed by atoms with Crippen molar-refractivity contribution in [3.8, 4) is 17.0 Å². The standard InChI is InChI=1S/C27H34N2O/c1-5-12-24(22-13-9-8-10-14-22)28-18-23-19-29-25(17-26(23)30-4)27-20(6-2)15-11-16-21(27)7-3/h8-11,13-17,19,24,28H,5-7,12,18H2,1-4H3. The summed E-state index contributed by atoms with van der Waals surface area (Å²) in [6, 6.07) is 19.6. The van der Waals surface area contributed by atoms with Crippen LogP contribution in [0.25, 0.3) is 11.3 Å². The molecule has 1 heterocycles. The smallest absolute Gasteiger partial charge is 0.127 e. The minimum absolute atomic E-state index is 0.327. The molecule has 1 atom stereocenters. The van der Waals surface area contributed by atoms with Crippen LogP contribution in [-0.4, -0.2) is 12.1 Å². The zero-order chi connectivity index (χ0) is 21.3. The second-order valence-corrected chi connectivity index (χ2v) is 7.67. The molecule has 0 aliphatic rings. The molecule has 3 rings (SSSR count). The fraction of sp³-hybridized carbons (Fsp3) is 0.370. The Morgan fingerprint density at radius 2 is 1.60 bits per heavy atom. The average Bonchev–Trinajstić information content (AvgIpc) is 2.81. The van der Waals surface area contributed by atoms with Gasteiger partial charge in [0.15, 0.2) is 0 Å². The molecule has 0 spiro atoms. The summed E-state index contributed by atoms with van der Waals surface area (Å²) in [5.41, 5.74) is 7.34. The monoisotopic (exact) mass is 402 g/mol. The minimum atomic E-state index is 0.327. The van der Waals surface area contributed by atoms with Crippen molar-refractivity contribution in [3.63, 3.8) is 0 Å². The molecule has 1 unspecified atom stereocenters. The number of pyridine rings is 1. The molecule has 1 aromatic heterocycles. The Balaban J connectivity index is 1.86. The Hall–Kier alpha value is -2.65. The van der Waals surface area contributed by atoms with E-state index in [0.717, 1.165) is 49.2 Å². The first kappa shape index (κ1) is 22.0. The van der Waals surface area contributed by atoms with Gasteiger partial charge >= 0.3 is 0 Å². The van der Waals surface area contributed by atoms with E-state index in [1.54, 1.807) is 7.11 Å². The van der Waals surface area contributed by atoms with Gasteiger partial charge in [0.2, 0.25) is 0 Å². The first-order valence-corrected chi connectivity index (χ1v) is 11.1. The van der Waals surface area contributed by atoms with Crippen LogP contribution in [0.3, 0.4) is 0 Å². The molecule has 0 saturated carbocycles. The number of nitrogens with one attached hydrogen (secondary N) is 1. The zero-order valence-electron chi connectivity index (χ0n) is 18.7. The molecule has 3 nitrogen and oxygen atoms in total. The Bertz CT molecular complexity index is 915. The fourth-order valence-corrected chi connectivity index (χ4v) is 4.09. The maximum Gasteiger partial charge on any atom is 0.127 e. The highest BCUT2D eigenvalue weighted by molar-refractivity contribution is 5.69. The molecule has 30 heavy (non-hydrogen) atoms. The summed E-state index contributed by atoms with van der Waals surface area (Å²) in [5, 5.41) is 3.71. The summed E-state index contributed by atoms with van der Waals surface area (Å²) in [7, 11) is 1.75. The lowest BCUT2D eigenvalue weighted by Gasteiger charge is -2.20.